The molecule has 2 amide bonds. The Labute approximate surface area is 165 Å². The predicted octanol–water partition coefficient (Wildman–Crippen LogP) is 1.77. The van der Waals surface area contributed by atoms with E-state index in [4.69, 9.17) is 0 Å². The average Bonchev–Trinajstić information content (AvgIpc) is 2.94. The van der Waals surface area contributed by atoms with E-state index in [0.717, 1.165) is 26.2 Å². The molecular weight excluding hydrogens is 354 g/mol. The standard InChI is InChI=1S/C22H25N3O3/c1-16-5-4-6-17(13-16)24-11-9-23(10-12-24)14-18(26)15-25-21(27)19-7-2-3-8-20(19)22(25)28/h2-8,13,18,26H,9-12,14-15H2,1H3/t18-/m0/s1. The number of piperazine rings is 1. The fourth-order valence-electron chi connectivity index (χ4n) is 3.98. The molecule has 146 valence electrons. The van der Waals surface area contributed by atoms with Crippen LogP contribution in [0.5, 0.6) is 0 Å². The maximum Gasteiger partial charge on any atom is 0.261 e. The van der Waals surface area contributed by atoms with E-state index < -0.39 is 6.10 Å². The lowest BCUT2D eigenvalue weighted by molar-refractivity contribution is 0.0469. The van der Waals surface area contributed by atoms with E-state index in [1.807, 2.05) is 0 Å². The average molecular weight is 379 g/mol. The number of benzene rings is 2. The van der Waals surface area contributed by atoms with Crippen molar-refractivity contribution in [2.24, 2.45) is 0 Å². The van der Waals surface area contributed by atoms with Gasteiger partial charge in [0, 0.05) is 38.4 Å². The van der Waals surface area contributed by atoms with Gasteiger partial charge in [0.2, 0.25) is 0 Å². The summed E-state index contributed by atoms with van der Waals surface area (Å²) in [5.41, 5.74) is 3.32. The first kappa shape index (κ1) is 18.7. The molecule has 0 bridgehead atoms. The number of carbonyl (C=O) groups is 2. The Kier molecular flexibility index (Phi) is 5.15. The monoisotopic (exact) mass is 379 g/mol. The summed E-state index contributed by atoms with van der Waals surface area (Å²) in [6.07, 6.45) is -0.757. The number of imide groups is 1. The van der Waals surface area contributed by atoms with Crippen LogP contribution in [0.3, 0.4) is 0 Å². The third-order valence-electron chi connectivity index (χ3n) is 5.48. The van der Waals surface area contributed by atoms with Crippen molar-refractivity contribution in [2.45, 2.75) is 13.0 Å². The van der Waals surface area contributed by atoms with E-state index in [-0.39, 0.29) is 18.4 Å². The van der Waals surface area contributed by atoms with Gasteiger partial charge in [0.05, 0.1) is 23.8 Å². The lowest BCUT2D eigenvalue weighted by Crippen LogP contribution is -2.50. The van der Waals surface area contributed by atoms with E-state index in [9.17, 15) is 14.7 Å². The number of hydrogen-bond acceptors (Lipinski definition) is 5. The Morgan fingerprint density at radius 2 is 1.54 bits per heavy atom. The summed E-state index contributed by atoms with van der Waals surface area (Å²) in [7, 11) is 0. The van der Waals surface area contributed by atoms with Gasteiger partial charge in [0.1, 0.15) is 0 Å². The van der Waals surface area contributed by atoms with Crippen molar-refractivity contribution in [1.82, 2.24) is 9.80 Å². The van der Waals surface area contributed by atoms with E-state index in [1.165, 1.54) is 16.2 Å². The molecule has 1 atom stereocenters. The normalized spacial score (nSPS) is 18.5. The number of aliphatic hydroxyl groups is 1. The SMILES string of the molecule is Cc1cccc(N2CCN(C[C@H](O)CN3C(=O)c4ccccc4C3=O)CC2)c1. The van der Waals surface area contributed by atoms with Crippen LogP contribution >= 0.6 is 0 Å². The second-order valence-corrected chi connectivity index (χ2v) is 7.55. The molecule has 2 aromatic carbocycles. The van der Waals surface area contributed by atoms with E-state index in [0.29, 0.717) is 17.7 Å². The second-order valence-electron chi connectivity index (χ2n) is 7.55. The lowest BCUT2D eigenvalue weighted by atomic mass is 10.1. The topological polar surface area (TPSA) is 64.1 Å². The first-order valence-corrected chi connectivity index (χ1v) is 9.70. The van der Waals surface area contributed by atoms with Gasteiger partial charge >= 0.3 is 0 Å². The van der Waals surface area contributed by atoms with E-state index in [1.54, 1.807) is 24.3 Å². The molecule has 6 nitrogen and oxygen atoms in total. The Morgan fingerprint density at radius 1 is 0.893 bits per heavy atom. The first-order valence-electron chi connectivity index (χ1n) is 9.70. The molecular formula is C22H25N3O3. The summed E-state index contributed by atoms with van der Waals surface area (Å²) in [5.74, 6) is -0.632. The van der Waals surface area contributed by atoms with Crippen LogP contribution in [0.4, 0.5) is 5.69 Å². The van der Waals surface area contributed by atoms with Gasteiger partial charge in [-0.2, -0.15) is 0 Å². The molecule has 28 heavy (non-hydrogen) atoms. The molecule has 1 N–H and O–H groups in total. The second kappa shape index (κ2) is 7.73. The van der Waals surface area contributed by atoms with Crippen molar-refractivity contribution < 1.29 is 14.7 Å². The van der Waals surface area contributed by atoms with Gasteiger partial charge in [0.25, 0.3) is 11.8 Å². The zero-order valence-corrected chi connectivity index (χ0v) is 16.0. The molecule has 2 heterocycles. The molecule has 1 saturated heterocycles. The number of anilines is 1. The number of amides is 2. The number of fused-ring (bicyclic) bond motifs is 1. The molecule has 2 aliphatic heterocycles. The van der Waals surface area contributed by atoms with Crippen molar-refractivity contribution in [3.8, 4) is 0 Å². The Morgan fingerprint density at radius 3 is 2.14 bits per heavy atom. The van der Waals surface area contributed by atoms with Gasteiger partial charge in [0.15, 0.2) is 0 Å². The Bertz CT molecular complexity index is 855. The summed E-state index contributed by atoms with van der Waals surface area (Å²) in [6.45, 7) is 6.04. The van der Waals surface area contributed by atoms with Gasteiger partial charge in [-0.3, -0.25) is 19.4 Å². The minimum atomic E-state index is -0.757. The van der Waals surface area contributed by atoms with Gasteiger partial charge in [-0.15, -0.1) is 0 Å². The maximum absolute atomic E-state index is 12.4. The van der Waals surface area contributed by atoms with Crippen LogP contribution in [0.15, 0.2) is 48.5 Å². The highest BCUT2D eigenvalue weighted by Crippen LogP contribution is 2.23. The molecule has 0 unspecified atom stereocenters. The highest BCUT2D eigenvalue weighted by Gasteiger charge is 2.36. The molecule has 1 fully saturated rings. The minimum Gasteiger partial charge on any atom is -0.390 e. The zero-order valence-electron chi connectivity index (χ0n) is 16.0. The summed E-state index contributed by atoms with van der Waals surface area (Å²) >= 11 is 0. The van der Waals surface area contributed by atoms with E-state index >= 15 is 0 Å². The van der Waals surface area contributed by atoms with Crippen molar-refractivity contribution >= 4 is 17.5 Å². The maximum atomic E-state index is 12.4. The third-order valence-corrected chi connectivity index (χ3v) is 5.48. The number of hydrogen-bond donors (Lipinski definition) is 1. The largest absolute Gasteiger partial charge is 0.390 e. The van der Waals surface area contributed by atoms with Gasteiger partial charge in [-0.25, -0.2) is 0 Å². The fourth-order valence-corrected chi connectivity index (χ4v) is 3.98. The highest BCUT2D eigenvalue weighted by atomic mass is 16.3. The quantitative estimate of drug-likeness (QED) is 0.803. The smallest absolute Gasteiger partial charge is 0.261 e. The van der Waals surface area contributed by atoms with Crippen LogP contribution in [0.1, 0.15) is 26.3 Å². The van der Waals surface area contributed by atoms with Crippen LogP contribution < -0.4 is 4.90 Å². The zero-order chi connectivity index (χ0) is 19.7. The molecule has 2 aliphatic rings. The molecule has 0 aromatic heterocycles. The molecule has 4 rings (SSSR count). The van der Waals surface area contributed by atoms with Gasteiger partial charge in [-0.1, -0.05) is 24.3 Å². The van der Waals surface area contributed by atoms with E-state index in [2.05, 4.69) is 41.0 Å². The number of nitrogens with zero attached hydrogens (tertiary/aromatic N) is 3. The summed E-state index contributed by atoms with van der Waals surface area (Å²) in [4.78, 5) is 30.6. The first-order chi connectivity index (χ1) is 13.5. The number of β-amino-alcohol motifs (C(OH)–C–C–N with tert-alkyl or cyclic N) is 1. The van der Waals surface area contributed by atoms with Crippen LogP contribution in [-0.2, 0) is 0 Å². The minimum absolute atomic E-state index is 0.0322. The van der Waals surface area contributed by atoms with Crippen LogP contribution in [-0.4, -0.2) is 72.1 Å². The molecule has 0 spiro atoms. The van der Waals surface area contributed by atoms with Crippen molar-refractivity contribution in [3.05, 3.63) is 65.2 Å². The number of carbonyl (C=O) groups excluding carboxylic acids is 2. The summed E-state index contributed by atoms with van der Waals surface area (Å²) in [6, 6.07) is 15.3. The molecule has 0 saturated carbocycles. The van der Waals surface area contributed by atoms with Gasteiger partial charge < -0.3 is 10.0 Å². The molecule has 2 aromatic rings. The molecule has 6 heteroatoms. The van der Waals surface area contributed by atoms with Crippen LogP contribution in [0.25, 0.3) is 0 Å². The number of aliphatic hydroxyl groups excluding tert-OH is 1. The highest BCUT2D eigenvalue weighted by molar-refractivity contribution is 6.21. The molecule has 0 radical (unpaired) electrons. The van der Waals surface area contributed by atoms with Crippen LogP contribution in [0.2, 0.25) is 0 Å². The Balaban J connectivity index is 1.30. The van der Waals surface area contributed by atoms with Gasteiger partial charge in [-0.05, 0) is 36.8 Å². The van der Waals surface area contributed by atoms with Crippen LogP contribution in [0, 0.1) is 6.92 Å². The number of aryl methyl sites for hydroxylation is 1. The number of rotatable bonds is 5. The summed E-state index contributed by atoms with van der Waals surface area (Å²) < 4.78 is 0. The summed E-state index contributed by atoms with van der Waals surface area (Å²) in [5, 5.41) is 10.5. The predicted molar refractivity (Wildman–Crippen MR) is 108 cm³/mol. The third kappa shape index (κ3) is 3.66. The van der Waals surface area contributed by atoms with Crippen molar-refractivity contribution in [2.75, 3.05) is 44.2 Å². The Hall–Kier alpha value is -2.70. The van der Waals surface area contributed by atoms with Crippen molar-refractivity contribution in [3.63, 3.8) is 0 Å². The molecule has 0 aliphatic carbocycles. The fraction of sp³-hybridized carbons (Fsp3) is 0.364. The lowest BCUT2D eigenvalue weighted by Gasteiger charge is -2.37. The van der Waals surface area contributed by atoms with Crippen molar-refractivity contribution in [1.29, 1.82) is 0 Å².